The van der Waals surface area contributed by atoms with Gasteiger partial charge in [0.25, 0.3) is 0 Å². The summed E-state index contributed by atoms with van der Waals surface area (Å²) in [5.41, 5.74) is 3.97. The van der Waals surface area contributed by atoms with Crippen LogP contribution in [0.5, 0.6) is 17.2 Å². The van der Waals surface area contributed by atoms with Crippen molar-refractivity contribution in [2.45, 2.75) is 6.42 Å². The van der Waals surface area contributed by atoms with Gasteiger partial charge in [-0.25, -0.2) is 5.43 Å². The molecule has 0 radical (unpaired) electrons. The molecular weight excluding hydrogens is 344 g/mol. The fourth-order valence-corrected chi connectivity index (χ4v) is 2.28. The number of hydrogen-bond donors (Lipinski definition) is 1. The average molecular weight is 363 g/mol. The van der Waals surface area contributed by atoms with Gasteiger partial charge in [0.2, 0.25) is 5.91 Å². The molecule has 1 N–H and O–H groups in total. The number of hydrogen-bond acceptors (Lipinski definition) is 5. The van der Waals surface area contributed by atoms with Gasteiger partial charge in [-0.05, 0) is 23.8 Å². The standard InChI is InChI=1S/C18H19ClN2O4/c1-23-15-10-17(25-3)16(24-2)9-13(15)11-20-21-18(22)8-12-4-6-14(19)7-5-12/h4-7,9-11H,8H2,1-3H3,(H,21,22)/b20-11-. The molecule has 0 aliphatic carbocycles. The predicted molar refractivity (Wildman–Crippen MR) is 97.0 cm³/mol. The molecule has 2 aromatic carbocycles. The monoisotopic (exact) mass is 362 g/mol. The van der Waals surface area contributed by atoms with Gasteiger partial charge in [0.05, 0.1) is 34.0 Å². The zero-order valence-corrected chi connectivity index (χ0v) is 15.0. The van der Waals surface area contributed by atoms with Crippen LogP contribution in [0.4, 0.5) is 0 Å². The number of methoxy groups -OCH3 is 3. The second-order valence-corrected chi connectivity index (χ2v) is 5.48. The molecule has 0 heterocycles. The molecule has 0 unspecified atom stereocenters. The van der Waals surface area contributed by atoms with E-state index in [9.17, 15) is 4.79 Å². The number of nitrogens with zero attached hydrogens (tertiary/aromatic N) is 1. The highest BCUT2D eigenvalue weighted by Crippen LogP contribution is 2.33. The van der Waals surface area contributed by atoms with E-state index in [-0.39, 0.29) is 12.3 Å². The highest BCUT2D eigenvalue weighted by atomic mass is 35.5. The molecule has 0 saturated carbocycles. The molecule has 2 rings (SSSR count). The Hall–Kier alpha value is -2.73. The summed E-state index contributed by atoms with van der Waals surface area (Å²) < 4.78 is 15.8. The van der Waals surface area contributed by atoms with Gasteiger partial charge in [-0.1, -0.05) is 23.7 Å². The molecule has 25 heavy (non-hydrogen) atoms. The van der Waals surface area contributed by atoms with Crippen LogP contribution in [0.3, 0.4) is 0 Å². The predicted octanol–water partition coefficient (Wildman–Crippen LogP) is 3.06. The van der Waals surface area contributed by atoms with Crippen LogP contribution in [0.1, 0.15) is 11.1 Å². The molecule has 1 amide bonds. The van der Waals surface area contributed by atoms with Crippen LogP contribution < -0.4 is 19.6 Å². The maximum Gasteiger partial charge on any atom is 0.244 e. The first-order chi connectivity index (χ1) is 12.1. The molecule has 132 valence electrons. The zero-order chi connectivity index (χ0) is 18.2. The normalized spacial score (nSPS) is 10.6. The summed E-state index contributed by atoms with van der Waals surface area (Å²) in [6.07, 6.45) is 1.69. The van der Waals surface area contributed by atoms with E-state index in [0.717, 1.165) is 5.56 Å². The van der Waals surface area contributed by atoms with Crippen molar-refractivity contribution >= 4 is 23.7 Å². The van der Waals surface area contributed by atoms with Crippen molar-refractivity contribution in [3.05, 3.63) is 52.5 Å². The third-order valence-electron chi connectivity index (χ3n) is 3.41. The summed E-state index contributed by atoms with van der Waals surface area (Å²) in [6, 6.07) is 10.5. The van der Waals surface area contributed by atoms with E-state index < -0.39 is 0 Å². The van der Waals surface area contributed by atoms with Crippen molar-refractivity contribution < 1.29 is 19.0 Å². The largest absolute Gasteiger partial charge is 0.496 e. The van der Waals surface area contributed by atoms with E-state index in [4.69, 9.17) is 25.8 Å². The van der Waals surface area contributed by atoms with Crippen LogP contribution in [0.2, 0.25) is 5.02 Å². The van der Waals surface area contributed by atoms with E-state index in [1.165, 1.54) is 13.3 Å². The second-order valence-electron chi connectivity index (χ2n) is 5.05. The average Bonchev–Trinajstić information content (AvgIpc) is 2.63. The van der Waals surface area contributed by atoms with Gasteiger partial charge < -0.3 is 14.2 Å². The number of ether oxygens (including phenoxy) is 3. The van der Waals surface area contributed by atoms with Gasteiger partial charge in [0.15, 0.2) is 11.5 Å². The lowest BCUT2D eigenvalue weighted by molar-refractivity contribution is -0.120. The number of carbonyl (C=O) groups excluding carboxylic acids is 1. The van der Waals surface area contributed by atoms with Gasteiger partial charge in [-0.2, -0.15) is 5.10 Å². The van der Waals surface area contributed by atoms with Crippen LogP contribution in [0.15, 0.2) is 41.5 Å². The zero-order valence-electron chi connectivity index (χ0n) is 14.2. The van der Waals surface area contributed by atoms with Crippen molar-refractivity contribution in [3.8, 4) is 17.2 Å². The van der Waals surface area contributed by atoms with Crippen LogP contribution in [0, 0.1) is 0 Å². The summed E-state index contributed by atoms with van der Waals surface area (Å²) in [7, 11) is 4.62. The van der Waals surface area contributed by atoms with Gasteiger partial charge in [-0.15, -0.1) is 0 Å². The third-order valence-corrected chi connectivity index (χ3v) is 3.66. The molecule has 0 bridgehead atoms. The number of amides is 1. The molecule has 0 aliphatic heterocycles. The number of carbonyl (C=O) groups is 1. The Bertz CT molecular complexity index is 760. The number of rotatable bonds is 7. The van der Waals surface area contributed by atoms with Crippen LogP contribution >= 0.6 is 11.6 Å². The van der Waals surface area contributed by atoms with Crippen molar-refractivity contribution in [3.63, 3.8) is 0 Å². The van der Waals surface area contributed by atoms with Gasteiger partial charge in [-0.3, -0.25) is 4.79 Å². The Morgan fingerprint density at radius 2 is 1.64 bits per heavy atom. The van der Waals surface area contributed by atoms with E-state index in [1.807, 2.05) is 0 Å². The van der Waals surface area contributed by atoms with Gasteiger partial charge in [0.1, 0.15) is 5.75 Å². The number of hydrazone groups is 1. The van der Waals surface area contributed by atoms with Crippen LogP contribution in [0.25, 0.3) is 0 Å². The summed E-state index contributed by atoms with van der Waals surface area (Å²) >= 11 is 5.82. The van der Waals surface area contributed by atoms with Gasteiger partial charge >= 0.3 is 0 Å². The van der Waals surface area contributed by atoms with E-state index in [0.29, 0.717) is 27.8 Å². The summed E-state index contributed by atoms with van der Waals surface area (Å²) in [4.78, 5) is 11.9. The highest BCUT2D eigenvalue weighted by Gasteiger charge is 2.10. The third kappa shape index (κ3) is 5.12. The fraction of sp³-hybridized carbons (Fsp3) is 0.222. The molecule has 0 atom stereocenters. The summed E-state index contributed by atoms with van der Waals surface area (Å²) in [5, 5.41) is 4.60. The van der Waals surface area contributed by atoms with E-state index in [2.05, 4.69) is 10.5 Å². The van der Waals surface area contributed by atoms with Crippen molar-refractivity contribution in [2.75, 3.05) is 21.3 Å². The van der Waals surface area contributed by atoms with E-state index in [1.54, 1.807) is 50.6 Å². The molecule has 0 aromatic heterocycles. The second kappa shape index (κ2) is 8.94. The maximum atomic E-state index is 11.9. The maximum absolute atomic E-state index is 11.9. The molecule has 7 heteroatoms. The summed E-state index contributed by atoms with van der Waals surface area (Å²) in [5.74, 6) is 1.40. The lowest BCUT2D eigenvalue weighted by atomic mass is 10.1. The topological polar surface area (TPSA) is 69.2 Å². The quantitative estimate of drug-likeness (QED) is 0.607. The Balaban J connectivity index is 2.05. The Morgan fingerprint density at radius 3 is 2.24 bits per heavy atom. The molecule has 2 aromatic rings. The first-order valence-electron chi connectivity index (χ1n) is 7.43. The Labute approximate surface area is 151 Å². The molecular formula is C18H19ClN2O4. The van der Waals surface area contributed by atoms with Crippen molar-refractivity contribution in [1.82, 2.24) is 5.43 Å². The van der Waals surface area contributed by atoms with Crippen molar-refractivity contribution in [2.24, 2.45) is 5.10 Å². The number of nitrogens with one attached hydrogen (secondary N) is 1. The highest BCUT2D eigenvalue weighted by molar-refractivity contribution is 6.30. The van der Waals surface area contributed by atoms with E-state index >= 15 is 0 Å². The molecule has 6 nitrogen and oxygen atoms in total. The SMILES string of the molecule is COc1cc(OC)c(OC)cc1/C=N\NC(=O)Cc1ccc(Cl)cc1. The molecule has 0 aliphatic rings. The molecule has 0 saturated heterocycles. The number of benzene rings is 2. The molecule has 0 fully saturated rings. The lowest BCUT2D eigenvalue weighted by Gasteiger charge is -2.11. The smallest absolute Gasteiger partial charge is 0.244 e. The minimum Gasteiger partial charge on any atom is -0.496 e. The lowest BCUT2D eigenvalue weighted by Crippen LogP contribution is -2.19. The Kier molecular flexibility index (Phi) is 6.65. The first-order valence-corrected chi connectivity index (χ1v) is 7.81. The van der Waals surface area contributed by atoms with Crippen LogP contribution in [-0.2, 0) is 11.2 Å². The minimum atomic E-state index is -0.238. The fourth-order valence-electron chi connectivity index (χ4n) is 2.15. The summed E-state index contributed by atoms with van der Waals surface area (Å²) in [6.45, 7) is 0. The molecule has 0 spiro atoms. The van der Waals surface area contributed by atoms with Gasteiger partial charge in [0, 0.05) is 16.7 Å². The Morgan fingerprint density at radius 1 is 1.04 bits per heavy atom. The van der Waals surface area contributed by atoms with Crippen LogP contribution in [-0.4, -0.2) is 33.5 Å². The number of halogens is 1. The first kappa shape index (κ1) is 18.6. The minimum absolute atomic E-state index is 0.206. The van der Waals surface area contributed by atoms with Crippen molar-refractivity contribution in [1.29, 1.82) is 0 Å².